The molecule has 0 spiro atoms. The monoisotopic (exact) mass is 278 g/mol. The molecule has 110 valence electrons. The van der Waals surface area contributed by atoms with Gasteiger partial charge in [0.2, 0.25) is 5.91 Å². The van der Waals surface area contributed by atoms with E-state index in [1.54, 1.807) is 7.11 Å². The van der Waals surface area contributed by atoms with Gasteiger partial charge in [0, 0.05) is 25.6 Å². The average molecular weight is 278 g/mol. The predicted molar refractivity (Wildman–Crippen MR) is 76.6 cm³/mol. The number of carbonyl (C=O) groups excluding carboxylic acids is 1. The zero-order valence-corrected chi connectivity index (χ0v) is 11.8. The molecule has 2 rings (SSSR count). The normalized spacial score (nSPS) is 15.7. The highest BCUT2D eigenvalue weighted by atomic mass is 16.5. The predicted octanol–water partition coefficient (Wildman–Crippen LogP) is 0.987. The molecular weight excluding hydrogens is 256 g/mol. The van der Waals surface area contributed by atoms with E-state index in [1.807, 2.05) is 24.3 Å². The third-order valence-electron chi connectivity index (χ3n) is 3.29. The first-order valence-electron chi connectivity index (χ1n) is 7.01. The second kappa shape index (κ2) is 7.26. The minimum absolute atomic E-state index is 0.0795. The van der Waals surface area contributed by atoms with E-state index in [4.69, 9.17) is 4.74 Å². The van der Waals surface area contributed by atoms with Crippen LogP contribution in [0.2, 0.25) is 0 Å². The number of carbonyl (C=O) groups is 1. The molecule has 0 radical (unpaired) electrons. The van der Waals surface area contributed by atoms with Crippen molar-refractivity contribution in [3.63, 3.8) is 0 Å². The van der Waals surface area contributed by atoms with Crippen molar-refractivity contribution in [2.45, 2.75) is 31.4 Å². The Morgan fingerprint density at radius 3 is 3.00 bits per heavy atom. The molecule has 5 heteroatoms. The SMILES string of the molecule is COc1cccc(C(O)CNCCC(=O)NC2CC2)c1. The van der Waals surface area contributed by atoms with Crippen LogP contribution in [0.1, 0.15) is 30.9 Å². The minimum atomic E-state index is -0.600. The molecule has 1 aromatic rings. The van der Waals surface area contributed by atoms with Crippen LogP contribution in [0.3, 0.4) is 0 Å². The number of methoxy groups -OCH3 is 1. The van der Waals surface area contributed by atoms with Crippen LogP contribution in [-0.4, -0.2) is 37.3 Å². The maximum atomic E-state index is 11.5. The zero-order chi connectivity index (χ0) is 14.4. The highest BCUT2D eigenvalue weighted by molar-refractivity contribution is 5.76. The largest absolute Gasteiger partial charge is 0.497 e. The molecule has 1 saturated carbocycles. The Hall–Kier alpha value is -1.59. The maximum absolute atomic E-state index is 11.5. The number of aliphatic hydroxyl groups excluding tert-OH is 1. The van der Waals surface area contributed by atoms with Crippen LogP contribution < -0.4 is 15.4 Å². The fourth-order valence-corrected chi connectivity index (χ4v) is 1.93. The van der Waals surface area contributed by atoms with Gasteiger partial charge in [-0.15, -0.1) is 0 Å². The van der Waals surface area contributed by atoms with Crippen molar-refractivity contribution < 1.29 is 14.6 Å². The first kappa shape index (κ1) is 14.8. The van der Waals surface area contributed by atoms with E-state index in [0.717, 1.165) is 24.2 Å². The molecule has 0 aromatic heterocycles. The van der Waals surface area contributed by atoms with E-state index in [1.165, 1.54) is 0 Å². The minimum Gasteiger partial charge on any atom is -0.497 e. The van der Waals surface area contributed by atoms with E-state index in [9.17, 15) is 9.90 Å². The third kappa shape index (κ3) is 4.83. The molecule has 0 saturated heterocycles. The molecule has 1 aliphatic rings. The first-order chi connectivity index (χ1) is 9.69. The van der Waals surface area contributed by atoms with Crippen molar-refractivity contribution >= 4 is 5.91 Å². The Bertz CT molecular complexity index is 446. The van der Waals surface area contributed by atoms with Crippen molar-refractivity contribution in [2.75, 3.05) is 20.2 Å². The topological polar surface area (TPSA) is 70.6 Å². The van der Waals surface area contributed by atoms with Crippen molar-refractivity contribution in [3.05, 3.63) is 29.8 Å². The standard InChI is InChI=1S/C15H22N2O3/c1-20-13-4-2-3-11(9-13)14(18)10-16-8-7-15(19)17-12-5-6-12/h2-4,9,12,14,16,18H,5-8,10H2,1H3,(H,17,19). The van der Waals surface area contributed by atoms with Gasteiger partial charge in [-0.25, -0.2) is 0 Å². The van der Waals surface area contributed by atoms with E-state index in [0.29, 0.717) is 25.6 Å². The van der Waals surface area contributed by atoms with Crippen molar-refractivity contribution in [2.24, 2.45) is 0 Å². The molecule has 1 atom stereocenters. The van der Waals surface area contributed by atoms with Crippen LogP contribution in [0.5, 0.6) is 5.75 Å². The molecule has 3 N–H and O–H groups in total. The number of ether oxygens (including phenoxy) is 1. The lowest BCUT2D eigenvalue weighted by Gasteiger charge is -2.13. The molecule has 1 aromatic carbocycles. The summed E-state index contributed by atoms with van der Waals surface area (Å²) >= 11 is 0. The van der Waals surface area contributed by atoms with Crippen molar-refractivity contribution in [3.8, 4) is 5.75 Å². The number of nitrogens with one attached hydrogen (secondary N) is 2. The number of aliphatic hydroxyl groups is 1. The lowest BCUT2D eigenvalue weighted by Crippen LogP contribution is -2.30. The molecule has 0 bridgehead atoms. The van der Waals surface area contributed by atoms with Crippen LogP contribution in [-0.2, 0) is 4.79 Å². The van der Waals surface area contributed by atoms with Crippen LogP contribution in [0, 0.1) is 0 Å². The summed E-state index contributed by atoms with van der Waals surface area (Å²) in [5, 5.41) is 16.1. The van der Waals surface area contributed by atoms with Crippen molar-refractivity contribution in [1.29, 1.82) is 0 Å². The van der Waals surface area contributed by atoms with Gasteiger partial charge in [-0.05, 0) is 30.5 Å². The van der Waals surface area contributed by atoms with E-state index >= 15 is 0 Å². The van der Waals surface area contributed by atoms with E-state index in [2.05, 4.69) is 10.6 Å². The quantitative estimate of drug-likeness (QED) is 0.620. The van der Waals surface area contributed by atoms with Gasteiger partial charge in [-0.3, -0.25) is 4.79 Å². The Morgan fingerprint density at radius 1 is 1.50 bits per heavy atom. The van der Waals surface area contributed by atoms with Gasteiger partial charge in [0.25, 0.3) is 0 Å². The maximum Gasteiger partial charge on any atom is 0.221 e. The summed E-state index contributed by atoms with van der Waals surface area (Å²) in [6, 6.07) is 7.76. The number of rotatable bonds is 8. The van der Waals surface area contributed by atoms with Gasteiger partial charge < -0.3 is 20.5 Å². The van der Waals surface area contributed by atoms with E-state index < -0.39 is 6.10 Å². The van der Waals surface area contributed by atoms with Gasteiger partial charge >= 0.3 is 0 Å². The summed E-state index contributed by atoms with van der Waals surface area (Å²) in [4.78, 5) is 11.5. The summed E-state index contributed by atoms with van der Waals surface area (Å²) < 4.78 is 5.12. The number of hydrogen-bond donors (Lipinski definition) is 3. The van der Waals surface area contributed by atoms with Crippen molar-refractivity contribution in [1.82, 2.24) is 10.6 Å². The van der Waals surface area contributed by atoms with Gasteiger partial charge in [0.05, 0.1) is 13.2 Å². The Morgan fingerprint density at radius 2 is 2.30 bits per heavy atom. The van der Waals surface area contributed by atoms with Crippen LogP contribution >= 0.6 is 0 Å². The Balaban J connectivity index is 1.65. The van der Waals surface area contributed by atoms with Crippen LogP contribution in [0.25, 0.3) is 0 Å². The van der Waals surface area contributed by atoms with Gasteiger partial charge in [-0.1, -0.05) is 12.1 Å². The van der Waals surface area contributed by atoms with Crippen LogP contribution in [0.15, 0.2) is 24.3 Å². The average Bonchev–Trinajstić information content (AvgIpc) is 3.27. The molecule has 1 unspecified atom stereocenters. The number of hydrogen-bond acceptors (Lipinski definition) is 4. The number of amides is 1. The van der Waals surface area contributed by atoms with Crippen LogP contribution in [0.4, 0.5) is 0 Å². The van der Waals surface area contributed by atoms with Gasteiger partial charge in [0.15, 0.2) is 0 Å². The van der Waals surface area contributed by atoms with Gasteiger partial charge in [-0.2, -0.15) is 0 Å². The molecule has 1 amide bonds. The molecule has 0 heterocycles. The molecule has 1 aliphatic carbocycles. The molecular formula is C15H22N2O3. The summed E-state index contributed by atoms with van der Waals surface area (Å²) in [5.74, 6) is 0.807. The second-order valence-electron chi connectivity index (χ2n) is 5.09. The third-order valence-corrected chi connectivity index (χ3v) is 3.29. The smallest absolute Gasteiger partial charge is 0.221 e. The van der Waals surface area contributed by atoms with E-state index in [-0.39, 0.29) is 5.91 Å². The number of benzene rings is 1. The summed E-state index contributed by atoms with van der Waals surface area (Å²) in [6.45, 7) is 0.990. The fraction of sp³-hybridized carbons (Fsp3) is 0.533. The highest BCUT2D eigenvalue weighted by Crippen LogP contribution is 2.19. The highest BCUT2D eigenvalue weighted by Gasteiger charge is 2.22. The summed E-state index contributed by atoms with van der Waals surface area (Å²) in [5.41, 5.74) is 0.805. The molecule has 1 fully saturated rings. The molecule has 20 heavy (non-hydrogen) atoms. The lowest BCUT2D eigenvalue weighted by atomic mass is 10.1. The molecule has 5 nitrogen and oxygen atoms in total. The lowest BCUT2D eigenvalue weighted by molar-refractivity contribution is -0.121. The first-order valence-corrected chi connectivity index (χ1v) is 7.01. The Labute approximate surface area is 119 Å². The second-order valence-corrected chi connectivity index (χ2v) is 5.09. The summed E-state index contributed by atoms with van der Waals surface area (Å²) in [7, 11) is 1.60. The Kier molecular flexibility index (Phi) is 5.38. The van der Waals surface area contributed by atoms with Gasteiger partial charge in [0.1, 0.15) is 5.75 Å². The molecule has 0 aliphatic heterocycles. The fourth-order valence-electron chi connectivity index (χ4n) is 1.93. The zero-order valence-electron chi connectivity index (χ0n) is 11.8. The summed E-state index contributed by atoms with van der Waals surface area (Å²) in [6.07, 6.45) is 2.06.